The largest absolute Gasteiger partial charge is 0.481 e. The van der Waals surface area contributed by atoms with E-state index in [2.05, 4.69) is 9.80 Å². The maximum atomic E-state index is 16.7. The number of aliphatic carboxylic acids is 1. The van der Waals surface area contributed by atoms with Crippen molar-refractivity contribution in [1.82, 2.24) is 18.9 Å². The number of carbonyl (C=O) groups excluding carboxylic acids is 3. The van der Waals surface area contributed by atoms with Crippen LogP contribution in [-0.2, 0) is 49.1 Å². The molecule has 4 aromatic carbocycles. The molecule has 0 bridgehead atoms. The molecule has 4 atom stereocenters. The monoisotopic (exact) mass is 1440 g/mol. The van der Waals surface area contributed by atoms with Crippen LogP contribution in [0.5, 0.6) is 0 Å². The molecule has 0 aliphatic carbocycles. The smallest absolute Gasteiger partial charge is 0.419 e. The van der Waals surface area contributed by atoms with Crippen LogP contribution in [0.2, 0.25) is 0 Å². The molecule has 12 nitrogen and oxygen atoms in total. The van der Waals surface area contributed by atoms with Gasteiger partial charge in [0.25, 0.3) is 11.1 Å². The molecule has 2 unspecified atom stereocenters. The summed E-state index contributed by atoms with van der Waals surface area (Å²) in [5, 5.41) is 9.78. The van der Waals surface area contributed by atoms with Crippen molar-refractivity contribution in [3.63, 3.8) is 0 Å². The molecule has 2 saturated heterocycles. The lowest BCUT2D eigenvalue weighted by Gasteiger charge is -2.31. The maximum Gasteiger partial charge on any atom is 0.419 e. The number of rotatable bonds is 27. The number of benzene rings is 4. The molecule has 1 N–H and O–H groups in total. The van der Waals surface area contributed by atoms with Crippen LogP contribution >= 0.6 is 27.0 Å². The van der Waals surface area contributed by atoms with Gasteiger partial charge in [0.1, 0.15) is 23.3 Å². The number of alkyl halides is 6. The molecule has 2 aliphatic rings. The quantitative estimate of drug-likeness (QED) is 0.0390. The fraction of sp³-hybridized carbons (Fsp3) is 0.500. The van der Waals surface area contributed by atoms with Gasteiger partial charge >= 0.3 is 24.3 Å². The van der Waals surface area contributed by atoms with E-state index in [1.54, 1.807) is 85.1 Å². The van der Waals surface area contributed by atoms with Crippen molar-refractivity contribution in [2.45, 2.75) is 190 Å². The zero-order valence-electron chi connectivity index (χ0n) is 59.1. The number of carboxylic acids is 1. The van der Waals surface area contributed by atoms with Gasteiger partial charge in [-0.3, -0.25) is 28.8 Å². The Morgan fingerprint density at radius 3 is 1.13 bits per heavy atom. The van der Waals surface area contributed by atoms with Gasteiger partial charge < -0.3 is 28.8 Å². The molecule has 0 amide bonds. The van der Waals surface area contributed by atoms with Gasteiger partial charge in [0, 0.05) is 84.5 Å². The molecule has 0 radical (unpaired) electrons. The highest BCUT2D eigenvalue weighted by Crippen LogP contribution is 2.46. The molecule has 2 aliphatic heterocycles. The van der Waals surface area contributed by atoms with Crippen LogP contribution in [0.4, 0.5) is 43.9 Å². The van der Waals surface area contributed by atoms with Crippen LogP contribution in [0.15, 0.2) is 70.5 Å². The molecular formula is C76H94F10N4O8S2. The van der Waals surface area contributed by atoms with E-state index in [-0.39, 0.29) is 69.4 Å². The van der Waals surface area contributed by atoms with Gasteiger partial charge in [-0.15, -0.1) is 0 Å². The third kappa shape index (κ3) is 20.4. The fourth-order valence-electron chi connectivity index (χ4n) is 13.8. The number of hydrogen-bond acceptors (Lipinski definition) is 9. The summed E-state index contributed by atoms with van der Waals surface area (Å²) in [5.41, 5.74) is -0.550. The van der Waals surface area contributed by atoms with Crippen molar-refractivity contribution in [2.75, 3.05) is 45.9 Å². The highest BCUT2D eigenvalue weighted by atomic mass is 32.1. The Labute approximate surface area is 592 Å². The van der Waals surface area contributed by atoms with Gasteiger partial charge in [-0.25, -0.2) is 17.6 Å². The Bertz CT molecular complexity index is 4040. The van der Waals surface area contributed by atoms with Crippen molar-refractivity contribution < 1.29 is 72.9 Å². The van der Waals surface area contributed by atoms with Crippen LogP contribution in [-0.4, -0.2) is 93.4 Å². The van der Waals surface area contributed by atoms with Gasteiger partial charge in [0.15, 0.2) is 11.6 Å². The lowest BCUT2D eigenvalue weighted by atomic mass is 9.82. The SMILES string of the molecule is CCOC(=O)C[C@H](CC(=O)C(CC(C)C)n1cc(CCN2CCC2)c(C)cc1=O)c1c(F)c(-c2c(C)cc(C)cc2C)cc(C(F)(F)F)c1F.Cc1cc(C)c(-c2cc(C(F)(F)F)c(F)c([C@H](CC(=O)O)CC(=O)C(CC(C)C)n3cc(CCN4CCC4)c(C)cc3=O)c2F)c(C)c1.S.S. The fourth-order valence-corrected chi connectivity index (χ4v) is 13.8. The van der Waals surface area contributed by atoms with E-state index in [1.165, 1.54) is 28.2 Å². The summed E-state index contributed by atoms with van der Waals surface area (Å²) >= 11 is 0. The second-order valence-electron chi connectivity index (χ2n) is 27.5. The number of likely N-dealkylation sites (tertiary alicyclic amines) is 2. The van der Waals surface area contributed by atoms with Crippen LogP contribution in [0.3, 0.4) is 0 Å². The van der Waals surface area contributed by atoms with Crippen molar-refractivity contribution in [2.24, 2.45) is 11.8 Å². The molecule has 548 valence electrons. The first-order valence-electron chi connectivity index (χ1n) is 33.5. The summed E-state index contributed by atoms with van der Waals surface area (Å²) in [6.07, 6.45) is -6.64. The molecule has 8 rings (SSSR count). The predicted octanol–water partition coefficient (Wildman–Crippen LogP) is 16.9. The molecule has 6 aromatic rings. The number of nitrogens with zero attached hydrogens (tertiary/aromatic N) is 4. The highest BCUT2D eigenvalue weighted by molar-refractivity contribution is 7.59. The van der Waals surface area contributed by atoms with Gasteiger partial charge in [0.05, 0.1) is 42.7 Å². The van der Waals surface area contributed by atoms with E-state index >= 15 is 17.6 Å². The number of pyridine rings is 2. The number of carboxylic acid groups (broad SMARTS) is 1. The summed E-state index contributed by atoms with van der Waals surface area (Å²) in [6, 6.07) is 8.21. The van der Waals surface area contributed by atoms with Gasteiger partial charge in [-0.2, -0.15) is 53.3 Å². The van der Waals surface area contributed by atoms with Crippen molar-refractivity contribution in [3.8, 4) is 22.3 Å². The molecular weight excluding hydrogens is 1350 g/mol. The summed E-state index contributed by atoms with van der Waals surface area (Å²) < 4.78 is 159. The average Bonchev–Trinajstić information content (AvgIpc) is 0.757. The number of aryl methyl sites for hydroxylation is 8. The van der Waals surface area contributed by atoms with Crippen molar-refractivity contribution in [3.05, 3.63) is 183 Å². The molecule has 2 fully saturated rings. The Morgan fingerprint density at radius 2 is 0.840 bits per heavy atom. The Morgan fingerprint density at radius 1 is 0.500 bits per heavy atom. The third-order valence-corrected chi connectivity index (χ3v) is 18.7. The first kappa shape index (κ1) is 83.6. The van der Waals surface area contributed by atoms with Crippen LogP contribution in [0.1, 0.15) is 188 Å². The number of ether oxygens (including phenoxy) is 1. The Hall–Kier alpha value is -7.02. The Balaban J connectivity index is 0.000000354. The van der Waals surface area contributed by atoms with Crippen molar-refractivity contribution >= 4 is 50.5 Å². The molecule has 100 heavy (non-hydrogen) atoms. The van der Waals surface area contributed by atoms with E-state index in [0.717, 1.165) is 85.5 Å². The lowest BCUT2D eigenvalue weighted by molar-refractivity contribution is -0.144. The molecule has 24 heteroatoms. The number of hydrogen-bond donors (Lipinski definition) is 1. The first-order chi connectivity index (χ1) is 45.8. The molecule has 0 saturated carbocycles. The van der Waals surface area contributed by atoms with Gasteiger partial charge in [-0.05, 0) is 207 Å². The minimum atomic E-state index is -5.24. The van der Waals surface area contributed by atoms with E-state index in [9.17, 15) is 60.2 Å². The topological polar surface area (TPSA) is 148 Å². The average molecular weight is 1450 g/mol. The minimum Gasteiger partial charge on any atom is -0.481 e. The summed E-state index contributed by atoms with van der Waals surface area (Å²) in [5.74, 6) is -14.0. The number of esters is 1. The zero-order chi connectivity index (χ0) is 72.7. The second kappa shape index (κ2) is 35.2. The standard InChI is InChI=1S/C39H47F5N2O4.C37H43F5N2O4.2H2S/c1-8-50-34(49)19-28(36-37(40)29(20-30(38(36)41)39(42,43)44)35-25(6)15-23(4)16-26(35)7)18-32(47)31(14-22(2)3)46-21-27(24(5)17-33(46)48)10-13-45-11-9-12-45;1-20(2)12-29(44-19-25(22(4)15-31(44)46)8-11-43-9-7-10-43)30(45)16-26(17-32(47)48)34-35(38)27(18-28(36(34)39)37(40,41)42)33-23(5)13-21(3)14-24(33)6;;/h15-17,20-22,28,31H,8-14,18-19H2,1-7H3;13-15,18-20,26,29H,7-12,16-17H2,1-6H3,(H,47,48);2*1H2/t28-,31?;26-,29?;;/m00../s1. The Kier molecular flexibility index (Phi) is 29.5. The number of aromatic nitrogens is 2. The minimum absolute atomic E-state index is 0. The van der Waals surface area contributed by atoms with E-state index < -0.39 is 153 Å². The van der Waals surface area contributed by atoms with Crippen LogP contribution < -0.4 is 11.1 Å². The van der Waals surface area contributed by atoms with E-state index in [1.807, 2.05) is 34.6 Å². The lowest BCUT2D eigenvalue weighted by Crippen LogP contribution is -2.38. The zero-order valence-corrected chi connectivity index (χ0v) is 61.1. The van der Waals surface area contributed by atoms with E-state index in [0.29, 0.717) is 47.2 Å². The maximum absolute atomic E-state index is 16.7. The number of halogens is 10. The molecule has 4 heterocycles. The number of carbonyl (C=O) groups is 4. The summed E-state index contributed by atoms with van der Waals surface area (Å²) in [6.45, 7) is 27.9. The predicted molar refractivity (Wildman–Crippen MR) is 378 cm³/mol. The van der Waals surface area contributed by atoms with Gasteiger partial charge in [-0.1, -0.05) is 63.1 Å². The van der Waals surface area contributed by atoms with E-state index in [4.69, 9.17) is 4.74 Å². The molecule has 2 aromatic heterocycles. The van der Waals surface area contributed by atoms with Crippen molar-refractivity contribution in [1.29, 1.82) is 0 Å². The summed E-state index contributed by atoms with van der Waals surface area (Å²) in [4.78, 5) is 84.5. The number of Topliss-reactive ketones (excluding diaryl/α,β-unsaturated/α-hetero) is 2. The molecule has 0 spiro atoms. The van der Waals surface area contributed by atoms with Crippen LogP contribution in [0, 0.1) is 90.5 Å². The summed E-state index contributed by atoms with van der Waals surface area (Å²) in [7, 11) is 0. The third-order valence-electron chi connectivity index (χ3n) is 18.7. The second-order valence-corrected chi connectivity index (χ2v) is 27.5. The normalized spacial score (nSPS) is 14.6. The van der Waals surface area contributed by atoms with Gasteiger partial charge in [0.2, 0.25) is 0 Å². The number of ketones is 2. The highest BCUT2D eigenvalue weighted by Gasteiger charge is 2.43. The van der Waals surface area contributed by atoms with Crippen LogP contribution in [0.25, 0.3) is 22.3 Å². The first-order valence-corrected chi connectivity index (χ1v) is 33.5.